The van der Waals surface area contributed by atoms with Gasteiger partial charge >= 0.3 is 6.18 Å². The zero-order chi connectivity index (χ0) is 16.6. The summed E-state index contributed by atoms with van der Waals surface area (Å²) in [6, 6.07) is 1.12. The molecule has 1 aromatic heterocycles. The third-order valence-electron chi connectivity index (χ3n) is 4.95. The highest BCUT2D eigenvalue weighted by molar-refractivity contribution is 5.79. The van der Waals surface area contributed by atoms with Crippen LogP contribution in [0.4, 0.5) is 13.2 Å². The topological polar surface area (TPSA) is 80.0 Å². The van der Waals surface area contributed by atoms with Gasteiger partial charge in [0.05, 0.1) is 5.56 Å². The van der Waals surface area contributed by atoms with Crippen molar-refractivity contribution in [1.29, 1.82) is 0 Å². The Hall–Kier alpha value is -1.67. The maximum Gasteiger partial charge on any atom is 0.417 e. The van der Waals surface area contributed by atoms with Crippen LogP contribution in [0.25, 0.3) is 0 Å². The van der Waals surface area contributed by atoms with Crippen molar-refractivity contribution < 1.29 is 18.0 Å². The SMILES string of the molecule is NCC1NNC(=O)C2CCC(c3cncc(C(F)(F)F)c3)CC12. The van der Waals surface area contributed by atoms with E-state index in [1.165, 1.54) is 12.3 Å². The molecule has 1 aliphatic heterocycles. The van der Waals surface area contributed by atoms with Crippen LogP contribution in [0, 0.1) is 11.8 Å². The average molecular weight is 328 g/mol. The van der Waals surface area contributed by atoms with E-state index in [4.69, 9.17) is 5.73 Å². The Kier molecular flexibility index (Phi) is 4.29. The monoisotopic (exact) mass is 328 g/mol. The van der Waals surface area contributed by atoms with Crippen LogP contribution in [-0.4, -0.2) is 23.5 Å². The van der Waals surface area contributed by atoms with Crippen LogP contribution in [0.3, 0.4) is 0 Å². The summed E-state index contributed by atoms with van der Waals surface area (Å²) in [4.78, 5) is 15.7. The Morgan fingerprint density at radius 2 is 2.09 bits per heavy atom. The van der Waals surface area contributed by atoms with E-state index in [-0.39, 0.29) is 29.7 Å². The number of pyridine rings is 1. The summed E-state index contributed by atoms with van der Waals surface area (Å²) in [5.41, 5.74) is 11.1. The normalized spacial score (nSPS) is 31.4. The molecule has 5 nitrogen and oxygen atoms in total. The van der Waals surface area contributed by atoms with E-state index in [0.717, 1.165) is 6.20 Å². The lowest BCUT2D eigenvalue weighted by Gasteiger charge is -2.43. The number of hydrazine groups is 1. The fraction of sp³-hybridized carbons (Fsp3) is 0.600. The van der Waals surface area contributed by atoms with Crippen LogP contribution in [0.1, 0.15) is 36.3 Å². The predicted molar refractivity (Wildman–Crippen MR) is 76.9 cm³/mol. The molecule has 0 bridgehead atoms. The minimum Gasteiger partial charge on any atom is -0.329 e. The lowest BCUT2D eigenvalue weighted by molar-refractivity contribution is -0.137. The van der Waals surface area contributed by atoms with Gasteiger partial charge in [-0.2, -0.15) is 13.2 Å². The second kappa shape index (κ2) is 6.09. The fourth-order valence-corrected chi connectivity index (χ4v) is 3.71. The standard InChI is InChI=1S/C15H19F3N4O/c16-15(17,18)10-3-9(6-20-7-10)8-1-2-11-12(4-8)13(5-19)21-22-14(11)23/h3,6-8,11-13,21H,1-2,4-5,19H2,(H,22,23). The zero-order valence-electron chi connectivity index (χ0n) is 12.4. The molecule has 1 saturated carbocycles. The van der Waals surface area contributed by atoms with Gasteiger partial charge in [-0.25, -0.2) is 5.43 Å². The lowest BCUT2D eigenvalue weighted by atomic mass is 9.68. The molecule has 4 unspecified atom stereocenters. The highest BCUT2D eigenvalue weighted by Gasteiger charge is 2.42. The largest absolute Gasteiger partial charge is 0.417 e. The molecule has 2 fully saturated rings. The van der Waals surface area contributed by atoms with Gasteiger partial charge in [-0.05, 0) is 42.7 Å². The molecule has 23 heavy (non-hydrogen) atoms. The second-order valence-electron chi connectivity index (χ2n) is 6.26. The lowest BCUT2D eigenvalue weighted by Crippen LogP contribution is -2.62. The average Bonchev–Trinajstić information content (AvgIpc) is 2.54. The Bertz CT molecular complexity index is 592. The third-order valence-corrected chi connectivity index (χ3v) is 4.95. The number of alkyl halides is 3. The summed E-state index contributed by atoms with van der Waals surface area (Å²) < 4.78 is 38.6. The first-order valence-corrected chi connectivity index (χ1v) is 7.67. The summed E-state index contributed by atoms with van der Waals surface area (Å²) in [5.74, 6) is -0.185. The smallest absolute Gasteiger partial charge is 0.329 e. The molecule has 4 atom stereocenters. The molecule has 126 valence electrons. The van der Waals surface area contributed by atoms with Gasteiger partial charge < -0.3 is 5.73 Å². The van der Waals surface area contributed by atoms with E-state index in [1.807, 2.05) is 0 Å². The minimum atomic E-state index is -4.40. The molecule has 1 amide bonds. The number of nitrogens with two attached hydrogens (primary N) is 1. The van der Waals surface area contributed by atoms with Crippen LogP contribution in [-0.2, 0) is 11.0 Å². The number of hydrogen-bond acceptors (Lipinski definition) is 4. The number of hydrogen-bond donors (Lipinski definition) is 3. The van der Waals surface area contributed by atoms with Crippen molar-refractivity contribution in [2.75, 3.05) is 6.54 Å². The maximum atomic E-state index is 12.9. The molecule has 8 heteroatoms. The van der Waals surface area contributed by atoms with Crippen molar-refractivity contribution in [2.24, 2.45) is 17.6 Å². The third kappa shape index (κ3) is 3.18. The molecule has 3 rings (SSSR count). The van der Waals surface area contributed by atoms with Gasteiger partial charge in [-0.1, -0.05) is 0 Å². The van der Waals surface area contributed by atoms with Gasteiger partial charge in [-0.15, -0.1) is 0 Å². The van der Waals surface area contributed by atoms with E-state index in [9.17, 15) is 18.0 Å². The van der Waals surface area contributed by atoms with Crippen molar-refractivity contribution in [3.05, 3.63) is 29.6 Å². The van der Waals surface area contributed by atoms with Gasteiger partial charge in [0, 0.05) is 30.9 Å². The maximum absolute atomic E-state index is 12.9. The molecular formula is C15H19F3N4O. The number of carbonyl (C=O) groups excluding carboxylic acids is 1. The fourth-order valence-electron chi connectivity index (χ4n) is 3.71. The van der Waals surface area contributed by atoms with Gasteiger partial charge in [0.2, 0.25) is 5.91 Å². The first kappa shape index (κ1) is 16.2. The summed E-state index contributed by atoms with van der Waals surface area (Å²) >= 11 is 0. The van der Waals surface area contributed by atoms with E-state index in [2.05, 4.69) is 15.8 Å². The number of rotatable bonds is 2. The van der Waals surface area contributed by atoms with E-state index >= 15 is 0 Å². The number of nitrogens with zero attached hydrogens (tertiary/aromatic N) is 1. The highest BCUT2D eigenvalue weighted by Crippen LogP contribution is 2.42. The van der Waals surface area contributed by atoms with E-state index in [1.54, 1.807) is 0 Å². The van der Waals surface area contributed by atoms with Gasteiger partial charge in [-0.3, -0.25) is 15.2 Å². The predicted octanol–water partition coefficient (Wildman–Crippen LogP) is 1.56. The number of halogens is 3. The molecular weight excluding hydrogens is 309 g/mol. The van der Waals surface area contributed by atoms with Crippen LogP contribution >= 0.6 is 0 Å². The number of aromatic nitrogens is 1. The summed E-state index contributed by atoms with van der Waals surface area (Å²) in [6.45, 7) is 0.370. The molecule has 0 spiro atoms. The van der Waals surface area contributed by atoms with Crippen LogP contribution in [0.15, 0.2) is 18.5 Å². The van der Waals surface area contributed by atoms with Crippen LogP contribution < -0.4 is 16.6 Å². The molecule has 0 radical (unpaired) electrons. The Balaban J connectivity index is 1.81. The highest BCUT2D eigenvalue weighted by atomic mass is 19.4. The van der Waals surface area contributed by atoms with Crippen LogP contribution in [0.5, 0.6) is 0 Å². The second-order valence-corrected chi connectivity index (χ2v) is 6.26. The Morgan fingerprint density at radius 1 is 1.30 bits per heavy atom. The molecule has 1 aromatic rings. The molecule has 0 aromatic carbocycles. The molecule has 2 aliphatic rings. The van der Waals surface area contributed by atoms with E-state index in [0.29, 0.717) is 31.4 Å². The Morgan fingerprint density at radius 3 is 2.78 bits per heavy atom. The number of carbonyl (C=O) groups is 1. The van der Waals surface area contributed by atoms with Gasteiger partial charge in [0.25, 0.3) is 0 Å². The number of amides is 1. The zero-order valence-corrected chi connectivity index (χ0v) is 12.4. The van der Waals surface area contributed by atoms with Crippen molar-refractivity contribution in [3.8, 4) is 0 Å². The molecule has 1 aliphatic carbocycles. The number of fused-ring (bicyclic) bond motifs is 1. The summed E-state index contributed by atoms with van der Waals surface area (Å²) in [7, 11) is 0. The van der Waals surface area contributed by atoms with Gasteiger partial charge in [0.1, 0.15) is 0 Å². The molecule has 1 saturated heterocycles. The quantitative estimate of drug-likeness (QED) is 0.770. The van der Waals surface area contributed by atoms with E-state index < -0.39 is 11.7 Å². The van der Waals surface area contributed by atoms with Crippen molar-refractivity contribution >= 4 is 5.91 Å². The van der Waals surface area contributed by atoms with Gasteiger partial charge in [0.15, 0.2) is 0 Å². The Labute approximate surface area is 131 Å². The molecule has 2 heterocycles. The molecule has 4 N–H and O–H groups in total. The number of nitrogens with one attached hydrogen (secondary N) is 2. The minimum absolute atomic E-state index is 0.0297. The summed E-state index contributed by atoms with van der Waals surface area (Å²) in [6.07, 6.45) is -0.103. The summed E-state index contributed by atoms with van der Waals surface area (Å²) in [5, 5.41) is 0. The first-order chi connectivity index (χ1) is 10.9. The van der Waals surface area contributed by atoms with Crippen LogP contribution in [0.2, 0.25) is 0 Å². The van der Waals surface area contributed by atoms with Crippen molar-refractivity contribution in [3.63, 3.8) is 0 Å². The van der Waals surface area contributed by atoms with Crippen molar-refractivity contribution in [1.82, 2.24) is 15.8 Å². The first-order valence-electron chi connectivity index (χ1n) is 7.67. The van der Waals surface area contributed by atoms with Crippen molar-refractivity contribution in [2.45, 2.75) is 37.4 Å².